The van der Waals surface area contributed by atoms with E-state index in [4.69, 9.17) is 4.99 Å². The van der Waals surface area contributed by atoms with Gasteiger partial charge in [-0.2, -0.15) is 0 Å². The largest absolute Gasteiger partial charge is 0.353 e. The molecule has 2 aliphatic rings. The highest BCUT2D eigenvalue weighted by Crippen LogP contribution is 2.31. The van der Waals surface area contributed by atoms with Gasteiger partial charge in [-0.05, 0) is 32.4 Å². The van der Waals surface area contributed by atoms with Gasteiger partial charge in [0.05, 0.1) is 23.0 Å². The maximum absolute atomic E-state index is 4.88. The monoisotopic (exact) mass is 426 g/mol. The van der Waals surface area contributed by atoms with Crippen LogP contribution in [0.25, 0.3) is 0 Å². The molecule has 1 aliphatic heterocycles. The third-order valence-electron chi connectivity index (χ3n) is 5.25. The molecule has 1 unspecified atom stereocenters. The van der Waals surface area contributed by atoms with Gasteiger partial charge in [-0.3, -0.25) is 4.98 Å². The molecular formula is C21H30N8S. The molecule has 4 N–H and O–H groups in total. The van der Waals surface area contributed by atoms with Gasteiger partial charge in [0, 0.05) is 24.5 Å². The van der Waals surface area contributed by atoms with Crippen LogP contribution in [-0.2, 0) is 6.54 Å². The van der Waals surface area contributed by atoms with Gasteiger partial charge >= 0.3 is 0 Å². The second-order valence-corrected chi connectivity index (χ2v) is 8.80. The van der Waals surface area contributed by atoms with E-state index in [0.717, 1.165) is 40.4 Å². The first kappa shape index (κ1) is 20.7. The molecule has 1 saturated carbocycles. The molecule has 2 aromatic heterocycles. The second-order valence-electron chi connectivity index (χ2n) is 7.74. The fourth-order valence-electron chi connectivity index (χ4n) is 3.69. The summed E-state index contributed by atoms with van der Waals surface area (Å²) in [5.74, 6) is 1.56. The van der Waals surface area contributed by atoms with E-state index in [2.05, 4.69) is 56.1 Å². The lowest BCUT2D eigenvalue weighted by molar-refractivity contribution is 0.410. The fraction of sp³-hybridized carbons (Fsp3) is 0.524. The third-order valence-corrected chi connectivity index (χ3v) is 6.23. The topological polar surface area (TPSA) is 99.2 Å². The fourth-order valence-corrected chi connectivity index (χ4v) is 4.52. The van der Waals surface area contributed by atoms with Crippen molar-refractivity contribution < 1.29 is 0 Å². The number of allylic oxidation sites excluding steroid dienone is 1. The molecule has 1 aliphatic carbocycles. The van der Waals surface area contributed by atoms with E-state index in [9.17, 15) is 0 Å². The minimum absolute atomic E-state index is 0.0287. The standard InChI is InChI=1S/C21H30N8S/c1-3-22-10-16-11-24-19(13-23-16)29-21-25-12-18(30-21)17-9-14(2)26-20(28-17)27-15-7-5-4-6-8-15/h9,11-13,15,17,22H,3-8,10H2,1-2H3,(H,24,25,29)(H2,26,27,28). The first-order valence-electron chi connectivity index (χ1n) is 10.7. The van der Waals surface area contributed by atoms with Crippen LogP contribution >= 0.6 is 11.3 Å². The van der Waals surface area contributed by atoms with E-state index in [0.29, 0.717) is 11.9 Å². The van der Waals surface area contributed by atoms with Crippen molar-refractivity contribution in [2.45, 2.75) is 64.6 Å². The first-order valence-corrected chi connectivity index (χ1v) is 11.6. The summed E-state index contributed by atoms with van der Waals surface area (Å²) in [4.78, 5) is 19.3. The lowest BCUT2D eigenvalue weighted by Gasteiger charge is -2.27. The maximum Gasteiger partial charge on any atom is 0.196 e. The molecule has 9 heteroatoms. The van der Waals surface area contributed by atoms with Crippen LogP contribution in [0.3, 0.4) is 0 Å². The molecule has 30 heavy (non-hydrogen) atoms. The van der Waals surface area contributed by atoms with Crippen LogP contribution in [0, 0.1) is 0 Å². The van der Waals surface area contributed by atoms with Crippen molar-refractivity contribution in [3.05, 3.63) is 40.9 Å². The van der Waals surface area contributed by atoms with Gasteiger partial charge in [0.2, 0.25) is 0 Å². The maximum atomic E-state index is 4.88. The summed E-state index contributed by atoms with van der Waals surface area (Å²) in [6.45, 7) is 5.78. The molecule has 0 saturated heterocycles. The minimum Gasteiger partial charge on any atom is -0.353 e. The number of aliphatic imine (C=N–C) groups is 1. The Balaban J connectivity index is 1.40. The predicted octanol–water partition coefficient (Wildman–Crippen LogP) is 3.61. The molecule has 1 atom stereocenters. The Kier molecular flexibility index (Phi) is 6.91. The molecule has 8 nitrogen and oxygen atoms in total. The van der Waals surface area contributed by atoms with Crippen molar-refractivity contribution in [2.24, 2.45) is 4.99 Å². The van der Waals surface area contributed by atoms with Crippen molar-refractivity contribution >= 4 is 28.2 Å². The van der Waals surface area contributed by atoms with Gasteiger partial charge < -0.3 is 21.3 Å². The number of hydrogen-bond donors (Lipinski definition) is 4. The summed E-state index contributed by atoms with van der Waals surface area (Å²) in [5.41, 5.74) is 2.03. The summed E-state index contributed by atoms with van der Waals surface area (Å²) in [5, 5.41) is 14.3. The third kappa shape index (κ3) is 5.54. The molecule has 1 fully saturated rings. The van der Waals surface area contributed by atoms with Crippen LogP contribution in [0.1, 0.15) is 62.6 Å². The molecule has 0 amide bonds. The molecule has 160 valence electrons. The molecule has 0 bridgehead atoms. The lowest BCUT2D eigenvalue weighted by atomic mass is 9.96. The van der Waals surface area contributed by atoms with Crippen LogP contribution in [0.15, 0.2) is 35.4 Å². The molecule has 2 aromatic rings. The van der Waals surface area contributed by atoms with Crippen molar-refractivity contribution in [1.29, 1.82) is 0 Å². The molecule has 0 spiro atoms. The number of guanidine groups is 1. The van der Waals surface area contributed by atoms with Crippen molar-refractivity contribution in [3.63, 3.8) is 0 Å². The zero-order valence-electron chi connectivity index (χ0n) is 17.6. The van der Waals surface area contributed by atoms with E-state index in [1.54, 1.807) is 23.7 Å². The molecule has 4 rings (SSSR count). The number of nitrogens with one attached hydrogen (secondary N) is 4. The van der Waals surface area contributed by atoms with Crippen LogP contribution < -0.4 is 21.3 Å². The van der Waals surface area contributed by atoms with Gasteiger partial charge in [-0.15, -0.1) is 0 Å². The Morgan fingerprint density at radius 2 is 1.97 bits per heavy atom. The van der Waals surface area contributed by atoms with Gasteiger partial charge in [-0.1, -0.05) is 37.5 Å². The zero-order chi connectivity index (χ0) is 20.8. The van der Waals surface area contributed by atoms with Crippen LogP contribution in [0.5, 0.6) is 0 Å². The highest BCUT2D eigenvalue weighted by molar-refractivity contribution is 7.15. The zero-order valence-corrected chi connectivity index (χ0v) is 18.4. The van der Waals surface area contributed by atoms with Gasteiger partial charge in [0.15, 0.2) is 16.9 Å². The average molecular weight is 427 g/mol. The smallest absolute Gasteiger partial charge is 0.196 e. The van der Waals surface area contributed by atoms with Crippen LogP contribution in [-0.4, -0.2) is 33.5 Å². The quantitative estimate of drug-likeness (QED) is 0.537. The number of nitrogens with zero attached hydrogens (tertiary/aromatic N) is 4. The van der Waals surface area contributed by atoms with Crippen molar-refractivity contribution in [2.75, 3.05) is 11.9 Å². The lowest BCUT2D eigenvalue weighted by Crippen LogP contribution is -2.44. The number of hydrogen-bond acceptors (Lipinski definition) is 9. The Labute approximate surface area is 181 Å². The average Bonchev–Trinajstić information content (AvgIpc) is 3.22. The summed E-state index contributed by atoms with van der Waals surface area (Å²) >= 11 is 1.59. The van der Waals surface area contributed by atoms with E-state index in [1.165, 1.54) is 32.1 Å². The number of thiazole rings is 1. The van der Waals surface area contributed by atoms with Gasteiger partial charge in [-0.25, -0.2) is 15.0 Å². The summed E-state index contributed by atoms with van der Waals surface area (Å²) in [6, 6.07) is 0.489. The Morgan fingerprint density at radius 1 is 1.10 bits per heavy atom. The van der Waals surface area contributed by atoms with E-state index >= 15 is 0 Å². The summed E-state index contributed by atoms with van der Waals surface area (Å²) < 4.78 is 0. The number of aromatic nitrogens is 3. The molecule has 3 heterocycles. The SMILES string of the molecule is CCNCc1cnc(Nc2ncc(C3C=C(C)NC(NC4CCCCC4)=N3)s2)cn1. The van der Waals surface area contributed by atoms with E-state index in [1.807, 2.05) is 6.20 Å². The first-order chi connectivity index (χ1) is 14.7. The van der Waals surface area contributed by atoms with Crippen LogP contribution in [0.4, 0.5) is 10.9 Å². The van der Waals surface area contributed by atoms with E-state index < -0.39 is 0 Å². The Hall–Kier alpha value is -2.52. The van der Waals surface area contributed by atoms with Gasteiger partial charge in [0.1, 0.15) is 6.04 Å². The highest BCUT2D eigenvalue weighted by Gasteiger charge is 2.21. The Bertz CT molecular complexity index is 883. The highest BCUT2D eigenvalue weighted by atomic mass is 32.1. The molecular weight excluding hydrogens is 396 g/mol. The van der Waals surface area contributed by atoms with E-state index in [-0.39, 0.29) is 6.04 Å². The minimum atomic E-state index is -0.0287. The van der Waals surface area contributed by atoms with Gasteiger partial charge in [0.25, 0.3) is 0 Å². The Morgan fingerprint density at radius 3 is 2.73 bits per heavy atom. The van der Waals surface area contributed by atoms with Crippen molar-refractivity contribution in [1.82, 2.24) is 30.9 Å². The predicted molar refractivity (Wildman–Crippen MR) is 122 cm³/mol. The molecule has 0 radical (unpaired) electrons. The number of anilines is 2. The van der Waals surface area contributed by atoms with Crippen LogP contribution in [0.2, 0.25) is 0 Å². The summed E-state index contributed by atoms with van der Waals surface area (Å²) in [7, 11) is 0. The molecule has 0 aromatic carbocycles. The normalized spacial score (nSPS) is 19.6. The van der Waals surface area contributed by atoms with Crippen molar-refractivity contribution in [3.8, 4) is 0 Å². The summed E-state index contributed by atoms with van der Waals surface area (Å²) in [6.07, 6.45) is 13.9. The number of rotatable bonds is 7. The second kappa shape index (κ2) is 9.99.